The van der Waals surface area contributed by atoms with Crippen molar-refractivity contribution in [3.63, 3.8) is 0 Å². The summed E-state index contributed by atoms with van der Waals surface area (Å²) in [5, 5.41) is 0.558. The first kappa shape index (κ1) is 18.4. The maximum atomic E-state index is 12.1. The maximum Gasteiger partial charge on any atom is 0.186 e. The minimum absolute atomic E-state index is 0.119. The molecule has 0 aromatic rings. The van der Waals surface area contributed by atoms with Crippen LogP contribution in [0.3, 0.4) is 0 Å². The first-order valence-electron chi connectivity index (χ1n) is 10.8. The number of ketones is 1. The van der Waals surface area contributed by atoms with Gasteiger partial charge >= 0.3 is 0 Å². The Morgan fingerprint density at radius 1 is 1.15 bits per heavy atom. The van der Waals surface area contributed by atoms with Crippen LogP contribution in [0.15, 0.2) is 11.6 Å². The van der Waals surface area contributed by atoms with E-state index < -0.39 is 0 Å². The number of rotatable bonds is 1. The average molecular weight is 389 g/mol. The van der Waals surface area contributed by atoms with E-state index in [0.29, 0.717) is 29.4 Å². The molecule has 3 nitrogen and oxygen atoms in total. The number of carbonyl (C=O) groups excluding carboxylic acids is 2. The van der Waals surface area contributed by atoms with Crippen molar-refractivity contribution in [1.29, 1.82) is 0 Å². The van der Waals surface area contributed by atoms with Gasteiger partial charge in [0.05, 0.1) is 12.2 Å². The van der Waals surface area contributed by atoms with Crippen LogP contribution in [0.25, 0.3) is 0 Å². The summed E-state index contributed by atoms with van der Waals surface area (Å²) in [6.07, 6.45) is 10.7. The van der Waals surface area contributed by atoms with Crippen LogP contribution in [-0.2, 0) is 14.3 Å². The molecule has 0 aromatic carbocycles. The fraction of sp³-hybridized carbons (Fsp3) is 0.826. The summed E-state index contributed by atoms with van der Waals surface area (Å²) < 4.78 is 6.26. The van der Waals surface area contributed by atoms with Gasteiger partial charge in [0.15, 0.2) is 10.9 Å². The molecule has 27 heavy (non-hydrogen) atoms. The van der Waals surface area contributed by atoms with Crippen molar-refractivity contribution in [2.45, 2.75) is 83.0 Å². The summed E-state index contributed by atoms with van der Waals surface area (Å²) in [6, 6.07) is 0. The zero-order valence-corrected chi connectivity index (χ0v) is 17.7. The van der Waals surface area contributed by atoms with Crippen LogP contribution in [0.5, 0.6) is 0 Å². The standard InChI is InChI=1S/C23H32O3S/c1-14(24)27-19-13-15-12-16(25)4-7-21(15,2)17-5-8-22(3)18(20(17)19)6-9-23(22)10-11-26-23/h12,17-20H,4-11,13H2,1-3H3/t17-,18-,19+,20-,21-,22-,23+/m0/s1. The lowest BCUT2D eigenvalue weighted by Gasteiger charge is -2.62. The number of hydrogen-bond donors (Lipinski definition) is 0. The normalized spacial score (nSPS) is 51.1. The van der Waals surface area contributed by atoms with E-state index in [9.17, 15) is 9.59 Å². The number of ether oxygens (including phenoxy) is 1. The molecule has 0 N–H and O–H groups in total. The topological polar surface area (TPSA) is 43.4 Å². The molecule has 1 aliphatic heterocycles. The van der Waals surface area contributed by atoms with Crippen molar-refractivity contribution >= 4 is 22.7 Å². The van der Waals surface area contributed by atoms with Gasteiger partial charge in [-0.25, -0.2) is 0 Å². The monoisotopic (exact) mass is 388 g/mol. The molecule has 148 valence electrons. The Balaban J connectivity index is 1.56. The third-order valence-corrected chi connectivity index (χ3v) is 10.6. The van der Waals surface area contributed by atoms with Gasteiger partial charge in [-0.05, 0) is 73.2 Å². The Morgan fingerprint density at radius 2 is 1.89 bits per heavy atom. The molecular formula is C23H32O3S. The molecule has 3 saturated carbocycles. The van der Waals surface area contributed by atoms with E-state index in [1.165, 1.54) is 37.7 Å². The molecule has 7 atom stereocenters. The number of carbonyl (C=O) groups is 2. The summed E-state index contributed by atoms with van der Waals surface area (Å²) in [5.74, 6) is 2.13. The molecule has 1 heterocycles. The molecule has 0 unspecified atom stereocenters. The van der Waals surface area contributed by atoms with Gasteiger partial charge in [0.25, 0.3) is 0 Å². The fourth-order valence-corrected chi connectivity index (χ4v) is 9.15. The molecule has 4 heteroatoms. The van der Waals surface area contributed by atoms with E-state index >= 15 is 0 Å². The number of allylic oxidation sites excluding steroid dienone is 1. The van der Waals surface area contributed by atoms with Crippen molar-refractivity contribution in [1.82, 2.24) is 0 Å². The maximum absolute atomic E-state index is 12.1. The molecular weight excluding hydrogens is 356 g/mol. The second kappa shape index (κ2) is 5.95. The largest absolute Gasteiger partial charge is 0.374 e. The second-order valence-electron chi connectivity index (χ2n) is 10.3. The van der Waals surface area contributed by atoms with Crippen LogP contribution >= 0.6 is 11.8 Å². The molecule has 1 saturated heterocycles. The van der Waals surface area contributed by atoms with Gasteiger partial charge in [-0.3, -0.25) is 9.59 Å². The van der Waals surface area contributed by atoms with Crippen LogP contribution in [0.4, 0.5) is 0 Å². The van der Waals surface area contributed by atoms with E-state index in [4.69, 9.17) is 4.74 Å². The van der Waals surface area contributed by atoms with Crippen LogP contribution in [0.1, 0.15) is 72.1 Å². The Labute approximate surface area is 167 Å². The van der Waals surface area contributed by atoms with E-state index in [-0.39, 0.29) is 27.3 Å². The second-order valence-corrected chi connectivity index (χ2v) is 11.7. The van der Waals surface area contributed by atoms with Crippen LogP contribution in [-0.4, -0.2) is 28.4 Å². The Kier molecular flexibility index (Phi) is 4.06. The molecule has 4 aliphatic carbocycles. The average Bonchev–Trinajstić information content (AvgIpc) is 2.89. The highest BCUT2D eigenvalue weighted by molar-refractivity contribution is 8.14. The van der Waals surface area contributed by atoms with Gasteiger partial charge < -0.3 is 4.74 Å². The Bertz CT molecular complexity index is 723. The third kappa shape index (κ3) is 2.38. The quantitative estimate of drug-likeness (QED) is 0.638. The Hall–Kier alpha value is -0.610. The lowest BCUT2D eigenvalue weighted by atomic mass is 9.46. The van der Waals surface area contributed by atoms with E-state index in [1.807, 2.05) is 6.08 Å². The van der Waals surface area contributed by atoms with Gasteiger partial charge in [0.2, 0.25) is 0 Å². The zero-order valence-electron chi connectivity index (χ0n) is 16.9. The summed E-state index contributed by atoms with van der Waals surface area (Å²) in [7, 11) is 0. The highest BCUT2D eigenvalue weighted by Gasteiger charge is 2.68. The van der Waals surface area contributed by atoms with Crippen LogP contribution < -0.4 is 0 Å². The van der Waals surface area contributed by atoms with Gasteiger partial charge in [-0.15, -0.1) is 0 Å². The molecule has 5 rings (SSSR count). The molecule has 0 bridgehead atoms. The van der Waals surface area contributed by atoms with E-state index in [2.05, 4.69) is 13.8 Å². The minimum Gasteiger partial charge on any atom is -0.374 e. The first-order chi connectivity index (χ1) is 12.8. The van der Waals surface area contributed by atoms with Gasteiger partial charge in [0, 0.05) is 25.0 Å². The minimum atomic E-state index is 0.119. The smallest absolute Gasteiger partial charge is 0.186 e. The van der Waals surface area contributed by atoms with Crippen molar-refractivity contribution < 1.29 is 14.3 Å². The number of thioether (sulfide) groups is 1. The molecule has 0 radical (unpaired) electrons. The Morgan fingerprint density at radius 3 is 2.56 bits per heavy atom. The fourth-order valence-electron chi connectivity index (χ4n) is 7.92. The molecule has 4 fully saturated rings. The first-order valence-corrected chi connectivity index (χ1v) is 11.7. The van der Waals surface area contributed by atoms with Crippen molar-refractivity contribution in [2.75, 3.05) is 6.61 Å². The molecule has 0 aromatic heterocycles. The molecule has 0 amide bonds. The number of fused-ring (bicyclic) bond motifs is 6. The van der Waals surface area contributed by atoms with Gasteiger partial charge in [0.1, 0.15) is 0 Å². The third-order valence-electron chi connectivity index (χ3n) is 9.45. The lowest BCUT2D eigenvalue weighted by Crippen LogP contribution is -2.61. The highest BCUT2D eigenvalue weighted by atomic mass is 32.2. The molecule has 1 spiro atoms. The molecule has 5 aliphatic rings. The highest BCUT2D eigenvalue weighted by Crippen LogP contribution is 2.71. The predicted molar refractivity (Wildman–Crippen MR) is 107 cm³/mol. The van der Waals surface area contributed by atoms with E-state index in [1.54, 1.807) is 18.7 Å². The summed E-state index contributed by atoms with van der Waals surface area (Å²) in [6.45, 7) is 7.55. The van der Waals surface area contributed by atoms with Crippen molar-refractivity contribution in [3.05, 3.63) is 11.6 Å². The van der Waals surface area contributed by atoms with Gasteiger partial charge in [-0.2, -0.15) is 0 Å². The van der Waals surface area contributed by atoms with Gasteiger partial charge in [-0.1, -0.05) is 31.2 Å². The zero-order chi connectivity index (χ0) is 19.0. The van der Waals surface area contributed by atoms with E-state index in [0.717, 1.165) is 19.4 Å². The summed E-state index contributed by atoms with van der Waals surface area (Å²) in [4.78, 5) is 24.3. The lowest BCUT2D eigenvalue weighted by molar-refractivity contribution is -0.226. The number of hydrogen-bond acceptors (Lipinski definition) is 4. The van der Waals surface area contributed by atoms with Crippen LogP contribution in [0.2, 0.25) is 0 Å². The van der Waals surface area contributed by atoms with Crippen molar-refractivity contribution in [2.24, 2.45) is 28.6 Å². The summed E-state index contributed by atoms with van der Waals surface area (Å²) in [5.41, 5.74) is 1.89. The summed E-state index contributed by atoms with van der Waals surface area (Å²) >= 11 is 1.56. The van der Waals surface area contributed by atoms with Crippen molar-refractivity contribution in [3.8, 4) is 0 Å². The SMILES string of the molecule is CC(=O)S[C@@H]1CC2=CC(=O)CC[C@]2(C)[C@H]2CC[C@@]3(C)[C@@H](CC[C@@]34CCO4)[C@@H]12. The predicted octanol–water partition coefficient (Wildman–Crippen LogP) is 4.94. The van der Waals surface area contributed by atoms with Crippen LogP contribution in [0, 0.1) is 28.6 Å².